The molecule has 3 aromatic rings. The summed E-state index contributed by atoms with van der Waals surface area (Å²) in [6.45, 7) is 4.26. The summed E-state index contributed by atoms with van der Waals surface area (Å²) in [5.41, 5.74) is 2.88. The van der Waals surface area contributed by atoms with Gasteiger partial charge in [-0.05, 0) is 50.2 Å². The number of aromatic nitrogens is 3. The summed E-state index contributed by atoms with van der Waals surface area (Å²) in [5, 5.41) is 3.96. The molecule has 1 aromatic carbocycles. The van der Waals surface area contributed by atoms with Gasteiger partial charge in [-0.15, -0.1) is 0 Å². The standard InChI is InChI=1S/C17H17ClN4/c1-12(2)22-10-16(20-11-22)13-3-8-17(19-9-13)21-15-6-4-14(18)5-7-15/h3-12H,1-2H3,(H,19,21). The Kier molecular flexibility index (Phi) is 4.11. The Bertz CT molecular complexity index is 745. The monoisotopic (exact) mass is 312 g/mol. The molecule has 0 amide bonds. The SMILES string of the molecule is CC(C)n1cnc(-c2ccc(Nc3ccc(Cl)cc3)nc2)c1. The summed E-state index contributed by atoms with van der Waals surface area (Å²) in [6, 6.07) is 11.9. The second-order valence-electron chi connectivity index (χ2n) is 5.36. The van der Waals surface area contributed by atoms with Crippen LogP contribution in [0.1, 0.15) is 19.9 Å². The van der Waals surface area contributed by atoms with Crippen LogP contribution in [0.3, 0.4) is 0 Å². The zero-order valence-corrected chi connectivity index (χ0v) is 13.2. The van der Waals surface area contributed by atoms with Crippen LogP contribution in [0.4, 0.5) is 11.5 Å². The minimum absolute atomic E-state index is 0.403. The quantitative estimate of drug-likeness (QED) is 0.743. The van der Waals surface area contributed by atoms with Gasteiger partial charge in [0.05, 0.1) is 12.0 Å². The maximum Gasteiger partial charge on any atom is 0.130 e. The van der Waals surface area contributed by atoms with Crippen LogP contribution in [0.25, 0.3) is 11.3 Å². The molecule has 0 unspecified atom stereocenters. The third-order valence-corrected chi connectivity index (χ3v) is 3.63. The number of hydrogen-bond donors (Lipinski definition) is 1. The van der Waals surface area contributed by atoms with Crippen molar-refractivity contribution in [2.75, 3.05) is 5.32 Å². The Balaban J connectivity index is 1.75. The van der Waals surface area contributed by atoms with Crippen molar-refractivity contribution in [1.82, 2.24) is 14.5 Å². The summed E-state index contributed by atoms with van der Waals surface area (Å²) in [6.07, 6.45) is 5.71. The normalized spacial score (nSPS) is 10.9. The molecule has 0 aliphatic carbocycles. The number of nitrogens with one attached hydrogen (secondary N) is 1. The molecule has 0 aliphatic rings. The number of anilines is 2. The molecule has 112 valence electrons. The van der Waals surface area contributed by atoms with E-state index in [1.165, 1.54) is 0 Å². The van der Waals surface area contributed by atoms with Crippen LogP contribution in [0, 0.1) is 0 Å². The molecular weight excluding hydrogens is 296 g/mol. The van der Waals surface area contributed by atoms with Crippen molar-refractivity contribution in [3.63, 3.8) is 0 Å². The van der Waals surface area contributed by atoms with Gasteiger partial charge in [0.25, 0.3) is 0 Å². The van der Waals surface area contributed by atoms with Gasteiger partial charge in [0.1, 0.15) is 5.82 Å². The zero-order valence-electron chi connectivity index (χ0n) is 12.5. The molecule has 1 N–H and O–H groups in total. The van der Waals surface area contributed by atoms with Gasteiger partial charge in [0, 0.05) is 34.7 Å². The molecule has 0 radical (unpaired) electrons. The molecule has 3 rings (SSSR count). The molecule has 2 heterocycles. The maximum absolute atomic E-state index is 5.88. The summed E-state index contributed by atoms with van der Waals surface area (Å²) < 4.78 is 2.08. The number of pyridine rings is 1. The maximum atomic E-state index is 5.88. The fraction of sp³-hybridized carbons (Fsp3) is 0.176. The molecule has 0 bridgehead atoms. The molecule has 22 heavy (non-hydrogen) atoms. The van der Waals surface area contributed by atoms with E-state index in [-0.39, 0.29) is 0 Å². The van der Waals surface area contributed by atoms with E-state index in [0.717, 1.165) is 27.8 Å². The Labute approximate surface area is 134 Å². The van der Waals surface area contributed by atoms with E-state index < -0.39 is 0 Å². The highest BCUT2D eigenvalue weighted by molar-refractivity contribution is 6.30. The topological polar surface area (TPSA) is 42.7 Å². The minimum atomic E-state index is 0.403. The highest BCUT2D eigenvalue weighted by Gasteiger charge is 2.05. The number of imidazole rings is 1. The van der Waals surface area contributed by atoms with Crippen molar-refractivity contribution in [3.8, 4) is 11.3 Å². The average molecular weight is 313 g/mol. The number of nitrogens with zero attached hydrogens (tertiary/aromatic N) is 3. The third-order valence-electron chi connectivity index (χ3n) is 3.37. The first-order valence-corrected chi connectivity index (χ1v) is 7.52. The predicted molar refractivity (Wildman–Crippen MR) is 90.6 cm³/mol. The van der Waals surface area contributed by atoms with Crippen molar-refractivity contribution in [2.24, 2.45) is 0 Å². The first-order chi connectivity index (χ1) is 10.6. The van der Waals surface area contributed by atoms with Gasteiger partial charge in [-0.2, -0.15) is 0 Å². The van der Waals surface area contributed by atoms with Gasteiger partial charge in [0.2, 0.25) is 0 Å². The van der Waals surface area contributed by atoms with Crippen molar-refractivity contribution < 1.29 is 0 Å². The molecule has 0 fully saturated rings. The van der Waals surface area contributed by atoms with E-state index in [2.05, 4.69) is 33.7 Å². The van der Waals surface area contributed by atoms with Gasteiger partial charge in [0.15, 0.2) is 0 Å². The van der Waals surface area contributed by atoms with E-state index in [0.29, 0.717) is 6.04 Å². The lowest BCUT2D eigenvalue weighted by molar-refractivity contribution is 0.600. The van der Waals surface area contributed by atoms with Gasteiger partial charge >= 0.3 is 0 Å². The van der Waals surface area contributed by atoms with Crippen molar-refractivity contribution in [3.05, 3.63) is 60.1 Å². The highest BCUT2D eigenvalue weighted by Crippen LogP contribution is 2.21. The first kappa shape index (κ1) is 14.6. The van der Waals surface area contributed by atoms with E-state index in [4.69, 9.17) is 11.6 Å². The van der Waals surface area contributed by atoms with E-state index in [9.17, 15) is 0 Å². The summed E-state index contributed by atoms with van der Waals surface area (Å²) in [5.74, 6) is 0.786. The van der Waals surface area contributed by atoms with Crippen molar-refractivity contribution >= 4 is 23.1 Å². The smallest absolute Gasteiger partial charge is 0.130 e. The van der Waals surface area contributed by atoms with Crippen LogP contribution in [-0.4, -0.2) is 14.5 Å². The number of rotatable bonds is 4. The van der Waals surface area contributed by atoms with Crippen LogP contribution in [0.2, 0.25) is 5.02 Å². The largest absolute Gasteiger partial charge is 0.340 e. The summed E-state index contributed by atoms with van der Waals surface area (Å²) in [4.78, 5) is 8.85. The van der Waals surface area contributed by atoms with Crippen LogP contribution in [0.5, 0.6) is 0 Å². The lowest BCUT2D eigenvalue weighted by Crippen LogP contribution is -1.95. The van der Waals surface area contributed by atoms with Gasteiger partial charge in [-0.3, -0.25) is 0 Å². The average Bonchev–Trinajstić information content (AvgIpc) is 3.00. The Morgan fingerprint density at radius 2 is 1.82 bits per heavy atom. The van der Waals surface area contributed by atoms with E-state index in [1.807, 2.05) is 55.1 Å². The second-order valence-corrected chi connectivity index (χ2v) is 5.80. The molecular formula is C17H17ClN4. The summed E-state index contributed by atoms with van der Waals surface area (Å²) >= 11 is 5.88. The lowest BCUT2D eigenvalue weighted by Gasteiger charge is -2.06. The number of hydrogen-bond acceptors (Lipinski definition) is 3. The van der Waals surface area contributed by atoms with Crippen LogP contribution in [-0.2, 0) is 0 Å². The van der Waals surface area contributed by atoms with Crippen molar-refractivity contribution in [1.29, 1.82) is 0 Å². The fourth-order valence-electron chi connectivity index (χ4n) is 2.07. The lowest BCUT2D eigenvalue weighted by atomic mass is 10.2. The first-order valence-electron chi connectivity index (χ1n) is 7.14. The minimum Gasteiger partial charge on any atom is -0.340 e. The Hall–Kier alpha value is -2.33. The van der Waals surface area contributed by atoms with Crippen LogP contribution >= 0.6 is 11.6 Å². The molecule has 0 saturated carbocycles. The number of halogens is 1. The van der Waals surface area contributed by atoms with Crippen LogP contribution in [0.15, 0.2) is 55.1 Å². The van der Waals surface area contributed by atoms with Gasteiger partial charge in [-0.1, -0.05) is 11.6 Å². The fourth-order valence-corrected chi connectivity index (χ4v) is 2.19. The third kappa shape index (κ3) is 3.28. The van der Waals surface area contributed by atoms with Crippen molar-refractivity contribution in [2.45, 2.75) is 19.9 Å². The van der Waals surface area contributed by atoms with E-state index >= 15 is 0 Å². The second kappa shape index (κ2) is 6.20. The molecule has 2 aromatic heterocycles. The number of benzene rings is 1. The Morgan fingerprint density at radius 1 is 1.05 bits per heavy atom. The summed E-state index contributed by atoms with van der Waals surface area (Å²) in [7, 11) is 0. The molecule has 0 saturated heterocycles. The molecule has 5 heteroatoms. The molecule has 0 spiro atoms. The van der Waals surface area contributed by atoms with Crippen LogP contribution < -0.4 is 5.32 Å². The van der Waals surface area contributed by atoms with Gasteiger partial charge < -0.3 is 9.88 Å². The highest BCUT2D eigenvalue weighted by atomic mass is 35.5. The predicted octanol–water partition coefficient (Wildman–Crippen LogP) is 4.92. The van der Waals surface area contributed by atoms with Gasteiger partial charge in [-0.25, -0.2) is 9.97 Å². The molecule has 0 atom stereocenters. The molecule has 4 nitrogen and oxygen atoms in total. The van der Waals surface area contributed by atoms with E-state index in [1.54, 1.807) is 0 Å². The Morgan fingerprint density at radius 3 is 2.41 bits per heavy atom. The molecule has 0 aliphatic heterocycles. The zero-order chi connectivity index (χ0) is 15.5.